The van der Waals surface area contributed by atoms with Gasteiger partial charge in [-0.1, -0.05) is 6.92 Å². The van der Waals surface area contributed by atoms with Gasteiger partial charge >= 0.3 is 5.97 Å². The van der Waals surface area contributed by atoms with Crippen LogP contribution in [0, 0.1) is 0 Å². The van der Waals surface area contributed by atoms with Crippen molar-refractivity contribution in [3.8, 4) is 0 Å². The monoisotopic (exact) mass is 150 g/mol. The molecule has 0 spiro atoms. The van der Waals surface area contributed by atoms with Crippen molar-refractivity contribution in [2.24, 2.45) is 0 Å². The molecule has 0 unspecified atom stereocenters. The van der Waals surface area contributed by atoms with Gasteiger partial charge in [0.05, 0.1) is 13.0 Å². The summed E-state index contributed by atoms with van der Waals surface area (Å²) >= 11 is 5.27. The van der Waals surface area contributed by atoms with Crippen LogP contribution in [0.1, 0.15) is 19.8 Å². The molecule has 0 aliphatic rings. The highest BCUT2D eigenvalue weighted by Crippen LogP contribution is 1.89. The van der Waals surface area contributed by atoms with Crippen LogP contribution in [0.5, 0.6) is 0 Å². The van der Waals surface area contributed by atoms with Crippen LogP contribution in [0.2, 0.25) is 0 Å². The van der Waals surface area contributed by atoms with E-state index >= 15 is 0 Å². The van der Waals surface area contributed by atoms with Crippen molar-refractivity contribution >= 4 is 17.6 Å². The second kappa shape index (κ2) is 5.89. The number of ether oxygens (including phenoxy) is 1. The Labute approximate surface area is 60.1 Å². The molecule has 0 rings (SSSR count). The average molecular weight is 151 g/mol. The Balaban J connectivity index is 3.06. The molecular formula is C6H11ClO2. The quantitative estimate of drug-likeness (QED) is 0.449. The molecule has 9 heavy (non-hydrogen) atoms. The highest BCUT2D eigenvalue weighted by atomic mass is 35.5. The first kappa shape index (κ1) is 8.76. The molecule has 0 fully saturated rings. The summed E-state index contributed by atoms with van der Waals surface area (Å²) in [5, 5.41) is 0. The Morgan fingerprint density at radius 3 is 2.78 bits per heavy atom. The van der Waals surface area contributed by atoms with Crippen LogP contribution in [-0.2, 0) is 9.53 Å². The van der Waals surface area contributed by atoms with Gasteiger partial charge in [-0.3, -0.25) is 4.79 Å². The number of carbonyl (C=O) groups is 1. The number of halogens is 1. The third-order valence-corrected chi connectivity index (χ3v) is 0.955. The Kier molecular flexibility index (Phi) is 5.73. The number of hydrogen-bond acceptors (Lipinski definition) is 2. The Hall–Kier alpha value is -0.240. The van der Waals surface area contributed by atoms with Crippen molar-refractivity contribution in [2.45, 2.75) is 19.8 Å². The van der Waals surface area contributed by atoms with Crippen LogP contribution >= 0.6 is 11.6 Å². The van der Waals surface area contributed by atoms with E-state index in [9.17, 15) is 4.79 Å². The first-order valence-corrected chi connectivity index (χ1v) is 3.56. The SMILES string of the molecule is CCCOC(=O)CCCl. The zero-order valence-electron chi connectivity index (χ0n) is 5.52. The summed E-state index contributed by atoms with van der Waals surface area (Å²) in [5.74, 6) is 0.148. The van der Waals surface area contributed by atoms with Gasteiger partial charge in [-0.2, -0.15) is 0 Å². The summed E-state index contributed by atoms with van der Waals surface area (Å²) in [5.41, 5.74) is 0. The standard InChI is InChI=1S/C6H11ClO2/c1-2-5-9-6(8)3-4-7/h2-5H2,1H3. The molecular weight excluding hydrogens is 140 g/mol. The lowest BCUT2D eigenvalue weighted by molar-refractivity contribution is -0.143. The van der Waals surface area contributed by atoms with Gasteiger partial charge in [0, 0.05) is 5.88 Å². The minimum Gasteiger partial charge on any atom is -0.466 e. The number of carbonyl (C=O) groups excluding carboxylic acids is 1. The zero-order chi connectivity index (χ0) is 7.11. The summed E-state index contributed by atoms with van der Waals surface area (Å²) in [6, 6.07) is 0. The van der Waals surface area contributed by atoms with Crippen molar-refractivity contribution in [1.29, 1.82) is 0 Å². The van der Waals surface area contributed by atoms with Crippen LogP contribution in [-0.4, -0.2) is 18.5 Å². The molecule has 0 heterocycles. The molecule has 0 amide bonds. The predicted molar refractivity (Wildman–Crippen MR) is 36.6 cm³/mol. The van der Waals surface area contributed by atoms with Crippen LogP contribution in [0.25, 0.3) is 0 Å². The summed E-state index contributed by atoms with van der Waals surface area (Å²) in [6.07, 6.45) is 1.19. The minimum atomic E-state index is -0.202. The molecule has 0 atom stereocenters. The molecule has 0 saturated heterocycles. The summed E-state index contributed by atoms with van der Waals surface area (Å²) in [6.45, 7) is 2.46. The molecule has 2 nitrogen and oxygen atoms in total. The molecule has 0 aromatic heterocycles. The zero-order valence-corrected chi connectivity index (χ0v) is 6.28. The molecule has 54 valence electrons. The average Bonchev–Trinajstić information content (AvgIpc) is 1.85. The second-order valence-corrected chi connectivity index (χ2v) is 2.04. The summed E-state index contributed by atoms with van der Waals surface area (Å²) in [4.78, 5) is 10.5. The van der Waals surface area contributed by atoms with E-state index in [1.54, 1.807) is 0 Å². The molecule has 0 aliphatic carbocycles. The maximum absolute atomic E-state index is 10.5. The van der Waals surface area contributed by atoms with E-state index in [1.165, 1.54) is 0 Å². The summed E-state index contributed by atoms with van der Waals surface area (Å²) in [7, 11) is 0. The fourth-order valence-corrected chi connectivity index (χ4v) is 0.520. The smallest absolute Gasteiger partial charge is 0.306 e. The minimum absolute atomic E-state index is 0.202. The molecule has 0 N–H and O–H groups in total. The topological polar surface area (TPSA) is 26.3 Å². The Morgan fingerprint density at radius 2 is 2.33 bits per heavy atom. The second-order valence-electron chi connectivity index (χ2n) is 1.66. The van der Waals surface area contributed by atoms with Gasteiger partial charge in [0.15, 0.2) is 0 Å². The molecule has 0 saturated carbocycles. The molecule has 0 aliphatic heterocycles. The van der Waals surface area contributed by atoms with Gasteiger partial charge in [-0.15, -0.1) is 11.6 Å². The van der Waals surface area contributed by atoms with Crippen LogP contribution in [0.3, 0.4) is 0 Å². The van der Waals surface area contributed by atoms with E-state index in [2.05, 4.69) is 0 Å². The molecule has 0 aromatic carbocycles. The fourth-order valence-electron chi connectivity index (χ4n) is 0.365. The Bertz CT molecular complexity index is 83.1. The van der Waals surface area contributed by atoms with Gasteiger partial charge in [-0.05, 0) is 6.42 Å². The lowest BCUT2D eigenvalue weighted by Crippen LogP contribution is -2.04. The third kappa shape index (κ3) is 5.63. The van der Waals surface area contributed by atoms with Crippen LogP contribution in [0.4, 0.5) is 0 Å². The normalized spacial score (nSPS) is 9.11. The van der Waals surface area contributed by atoms with Crippen molar-refractivity contribution < 1.29 is 9.53 Å². The van der Waals surface area contributed by atoms with Crippen LogP contribution < -0.4 is 0 Å². The third-order valence-electron chi connectivity index (χ3n) is 0.766. The van der Waals surface area contributed by atoms with Gasteiger partial charge in [-0.25, -0.2) is 0 Å². The van der Waals surface area contributed by atoms with Gasteiger partial charge in [0.2, 0.25) is 0 Å². The van der Waals surface area contributed by atoms with Crippen LogP contribution in [0.15, 0.2) is 0 Å². The molecule has 0 bridgehead atoms. The van der Waals surface area contributed by atoms with Crippen molar-refractivity contribution in [2.75, 3.05) is 12.5 Å². The van der Waals surface area contributed by atoms with Crippen molar-refractivity contribution in [1.82, 2.24) is 0 Å². The number of hydrogen-bond donors (Lipinski definition) is 0. The number of alkyl halides is 1. The Morgan fingerprint density at radius 1 is 1.67 bits per heavy atom. The first-order valence-electron chi connectivity index (χ1n) is 3.02. The highest BCUT2D eigenvalue weighted by molar-refractivity contribution is 6.18. The van der Waals surface area contributed by atoms with Gasteiger partial charge in [0.25, 0.3) is 0 Å². The van der Waals surface area contributed by atoms with E-state index in [-0.39, 0.29) is 5.97 Å². The van der Waals surface area contributed by atoms with Gasteiger partial charge in [0.1, 0.15) is 0 Å². The summed E-state index contributed by atoms with van der Waals surface area (Å²) < 4.78 is 4.71. The largest absolute Gasteiger partial charge is 0.466 e. The molecule has 0 aromatic rings. The number of rotatable bonds is 4. The van der Waals surface area contributed by atoms with E-state index in [0.29, 0.717) is 18.9 Å². The molecule has 3 heteroatoms. The maximum Gasteiger partial charge on any atom is 0.306 e. The van der Waals surface area contributed by atoms with Crippen molar-refractivity contribution in [3.63, 3.8) is 0 Å². The predicted octanol–water partition coefficient (Wildman–Crippen LogP) is 1.57. The van der Waals surface area contributed by atoms with E-state index < -0.39 is 0 Å². The first-order chi connectivity index (χ1) is 4.31. The van der Waals surface area contributed by atoms with E-state index in [4.69, 9.17) is 16.3 Å². The lowest BCUT2D eigenvalue weighted by Gasteiger charge is -1.98. The van der Waals surface area contributed by atoms with Crippen molar-refractivity contribution in [3.05, 3.63) is 0 Å². The van der Waals surface area contributed by atoms with E-state index in [1.807, 2.05) is 6.92 Å². The van der Waals surface area contributed by atoms with Gasteiger partial charge < -0.3 is 4.74 Å². The molecule has 0 radical (unpaired) electrons. The lowest BCUT2D eigenvalue weighted by atomic mass is 10.5. The highest BCUT2D eigenvalue weighted by Gasteiger charge is 1.97. The fraction of sp³-hybridized carbons (Fsp3) is 0.833. The number of esters is 1. The maximum atomic E-state index is 10.5. The van der Waals surface area contributed by atoms with E-state index in [0.717, 1.165) is 6.42 Å².